The summed E-state index contributed by atoms with van der Waals surface area (Å²) < 4.78 is 3.38. The molecule has 0 fully saturated rings. The molecule has 0 aliphatic carbocycles. The molecule has 0 aliphatic heterocycles. The topological polar surface area (TPSA) is 17.8 Å². The first-order valence-electron chi connectivity index (χ1n) is 5.38. The molecular weight excluding hydrogens is 296 g/mol. The normalized spacial score (nSPS) is 11.2. The van der Waals surface area contributed by atoms with Crippen LogP contribution in [0.1, 0.15) is 9.88 Å². The molecule has 86 valence electrons. The average Bonchev–Trinajstić information content (AvgIpc) is 2.86. The predicted octanol–water partition coefficient (Wildman–Crippen LogP) is 4.22. The van der Waals surface area contributed by atoms with Crippen molar-refractivity contribution in [3.8, 4) is 0 Å². The molecule has 2 aromatic heterocycles. The lowest BCUT2D eigenvalue weighted by molar-refractivity contribution is 0.849. The molecule has 0 unspecified atom stereocenters. The van der Waals surface area contributed by atoms with Gasteiger partial charge in [-0.2, -0.15) is 0 Å². The number of hydrogen-bond acceptors (Lipinski definition) is 2. The number of benzene rings is 1. The highest BCUT2D eigenvalue weighted by atomic mass is 79.9. The van der Waals surface area contributed by atoms with Crippen LogP contribution in [0.25, 0.3) is 10.9 Å². The van der Waals surface area contributed by atoms with E-state index < -0.39 is 0 Å². The number of aryl methyl sites for hydroxylation is 1. The first-order chi connectivity index (χ1) is 8.22. The maximum absolute atomic E-state index is 4.29. The van der Waals surface area contributed by atoms with E-state index in [4.69, 9.17) is 0 Å². The van der Waals surface area contributed by atoms with Gasteiger partial charge in [0.25, 0.3) is 0 Å². The van der Waals surface area contributed by atoms with Crippen LogP contribution in [-0.2, 0) is 6.54 Å². The van der Waals surface area contributed by atoms with E-state index in [0.29, 0.717) is 0 Å². The molecular formula is C13H11BrN2S. The van der Waals surface area contributed by atoms with E-state index in [1.165, 1.54) is 15.8 Å². The zero-order valence-corrected chi connectivity index (χ0v) is 11.8. The quantitative estimate of drug-likeness (QED) is 0.693. The molecule has 0 saturated heterocycles. The van der Waals surface area contributed by atoms with E-state index in [9.17, 15) is 0 Å². The number of thiazole rings is 1. The van der Waals surface area contributed by atoms with Crippen LogP contribution in [0, 0.1) is 6.92 Å². The average molecular weight is 307 g/mol. The van der Waals surface area contributed by atoms with Gasteiger partial charge in [0.05, 0.1) is 11.6 Å². The molecule has 1 aromatic carbocycles. The van der Waals surface area contributed by atoms with Crippen molar-refractivity contribution in [3.63, 3.8) is 0 Å². The van der Waals surface area contributed by atoms with E-state index in [2.05, 4.69) is 55.9 Å². The zero-order valence-electron chi connectivity index (χ0n) is 9.35. The van der Waals surface area contributed by atoms with E-state index in [0.717, 1.165) is 16.0 Å². The highest BCUT2D eigenvalue weighted by Gasteiger charge is 2.04. The molecule has 0 radical (unpaired) electrons. The van der Waals surface area contributed by atoms with Gasteiger partial charge in [0.15, 0.2) is 0 Å². The summed E-state index contributed by atoms with van der Waals surface area (Å²) in [5.41, 5.74) is 1.26. The second-order valence-corrected chi connectivity index (χ2v) is 6.23. The van der Waals surface area contributed by atoms with Gasteiger partial charge in [0, 0.05) is 32.6 Å². The van der Waals surface area contributed by atoms with Crippen LogP contribution in [0.3, 0.4) is 0 Å². The molecule has 2 nitrogen and oxygen atoms in total. The molecule has 2 heterocycles. The first-order valence-corrected chi connectivity index (χ1v) is 6.99. The second-order valence-electron chi connectivity index (χ2n) is 3.99. The molecule has 0 bridgehead atoms. The summed E-state index contributed by atoms with van der Waals surface area (Å²) in [5.74, 6) is 0. The van der Waals surface area contributed by atoms with Gasteiger partial charge in [0.1, 0.15) is 0 Å². The van der Waals surface area contributed by atoms with E-state index >= 15 is 0 Å². The monoisotopic (exact) mass is 306 g/mol. The number of nitrogens with zero attached hydrogens (tertiary/aromatic N) is 2. The van der Waals surface area contributed by atoms with Crippen molar-refractivity contribution in [3.05, 3.63) is 51.0 Å². The fraction of sp³-hybridized carbons (Fsp3) is 0.154. The van der Waals surface area contributed by atoms with Crippen molar-refractivity contribution >= 4 is 38.2 Å². The van der Waals surface area contributed by atoms with Crippen molar-refractivity contribution in [2.75, 3.05) is 0 Å². The fourth-order valence-electron chi connectivity index (χ4n) is 1.96. The summed E-state index contributed by atoms with van der Waals surface area (Å²) in [6, 6.07) is 8.52. The molecule has 0 amide bonds. The lowest BCUT2D eigenvalue weighted by atomic mass is 10.2. The van der Waals surface area contributed by atoms with Crippen molar-refractivity contribution in [1.82, 2.24) is 9.55 Å². The first kappa shape index (κ1) is 11.0. The summed E-state index contributed by atoms with van der Waals surface area (Å²) in [5, 5.41) is 2.39. The van der Waals surface area contributed by atoms with Gasteiger partial charge < -0.3 is 4.57 Å². The van der Waals surface area contributed by atoms with Gasteiger partial charge in [0.2, 0.25) is 0 Å². The molecule has 17 heavy (non-hydrogen) atoms. The van der Waals surface area contributed by atoms with Crippen LogP contribution in [-0.4, -0.2) is 9.55 Å². The Morgan fingerprint density at radius 1 is 1.35 bits per heavy atom. The van der Waals surface area contributed by atoms with Crippen molar-refractivity contribution in [1.29, 1.82) is 0 Å². The highest BCUT2D eigenvalue weighted by molar-refractivity contribution is 9.10. The molecule has 0 atom stereocenters. The number of rotatable bonds is 2. The Kier molecular flexibility index (Phi) is 2.76. The molecule has 0 aliphatic rings. The van der Waals surface area contributed by atoms with Crippen LogP contribution in [0.5, 0.6) is 0 Å². The summed E-state index contributed by atoms with van der Waals surface area (Å²) >= 11 is 5.25. The third-order valence-electron chi connectivity index (χ3n) is 2.73. The smallest absolute Gasteiger partial charge is 0.0897 e. The summed E-state index contributed by atoms with van der Waals surface area (Å²) in [4.78, 5) is 5.58. The molecule has 0 spiro atoms. The Balaban J connectivity index is 2.00. The van der Waals surface area contributed by atoms with Crippen LogP contribution in [0.4, 0.5) is 0 Å². The molecule has 3 aromatic rings. The third-order valence-corrected chi connectivity index (χ3v) is 4.12. The minimum atomic E-state index is 0.899. The number of halogens is 1. The number of hydrogen-bond donors (Lipinski definition) is 0. The van der Waals surface area contributed by atoms with Crippen LogP contribution in [0.15, 0.2) is 41.1 Å². The molecule has 0 saturated carbocycles. The second kappa shape index (κ2) is 4.27. The molecule has 3 rings (SSSR count). The maximum Gasteiger partial charge on any atom is 0.0897 e. The largest absolute Gasteiger partial charge is 0.342 e. The lowest BCUT2D eigenvalue weighted by Crippen LogP contribution is -1.95. The molecule has 4 heteroatoms. The van der Waals surface area contributed by atoms with E-state index in [-0.39, 0.29) is 0 Å². The van der Waals surface area contributed by atoms with Gasteiger partial charge >= 0.3 is 0 Å². The van der Waals surface area contributed by atoms with Gasteiger partial charge in [-0.3, -0.25) is 0 Å². The van der Waals surface area contributed by atoms with E-state index in [1.807, 2.05) is 13.1 Å². The lowest BCUT2D eigenvalue weighted by Gasteiger charge is -2.02. The Morgan fingerprint density at radius 2 is 2.24 bits per heavy atom. The number of fused-ring (bicyclic) bond motifs is 1. The van der Waals surface area contributed by atoms with Gasteiger partial charge in [-0.05, 0) is 31.2 Å². The third kappa shape index (κ3) is 2.15. The SMILES string of the molecule is Cc1ncc(Cn2ccc3cc(Br)ccc32)s1. The van der Waals surface area contributed by atoms with Gasteiger partial charge in [-0.1, -0.05) is 15.9 Å². The van der Waals surface area contributed by atoms with Gasteiger partial charge in [-0.25, -0.2) is 4.98 Å². The highest BCUT2D eigenvalue weighted by Crippen LogP contribution is 2.22. The Labute approximate surface area is 112 Å². The predicted molar refractivity (Wildman–Crippen MR) is 75.6 cm³/mol. The Bertz CT molecular complexity index is 669. The van der Waals surface area contributed by atoms with Crippen molar-refractivity contribution in [2.45, 2.75) is 13.5 Å². The fourth-order valence-corrected chi connectivity index (χ4v) is 3.13. The van der Waals surface area contributed by atoms with E-state index in [1.54, 1.807) is 11.3 Å². The van der Waals surface area contributed by atoms with Crippen LogP contribution < -0.4 is 0 Å². The van der Waals surface area contributed by atoms with Crippen LogP contribution >= 0.6 is 27.3 Å². The van der Waals surface area contributed by atoms with Gasteiger partial charge in [-0.15, -0.1) is 11.3 Å². The standard InChI is InChI=1S/C13H11BrN2S/c1-9-15-7-12(17-9)8-16-5-4-10-6-11(14)2-3-13(10)16/h2-7H,8H2,1H3. The van der Waals surface area contributed by atoms with Crippen LogP contribution in [0.2, 0.25) is 0 Å². The maximum atomic E-state index is 4.29. The summed E-state index contributed by atoms with van der Waals surface area (Å²) in [7, 11) is 0. The number of aromatic nitrogens is 2. The summed E-state index contributed by atoms with van der Waals surface area (Å²) in [6.45, 7) is 2.94. The van der Waals surface area contributed by atoms with Crippen molar-refractivity contribution < 1.29 is 0 Å². The zero-order chi connectivity index (χ0) is 11.8. The van der Waals surface area contributed by atoms with Crippen molar-refractivity contribution in [2.24, 2.45) is 0 Å². The minimum Gasteiger partial charge on any atom is -0.342 e. The minimum absolute atomic E-state index is 0.899. The Morgan fingerprint density at radius 3 is 3.00 bits per heavy atom. The summed E-state index contributed by atoms with van der Waals surface area (Å²) in [6.07, 6.45) is 4.09. The molecule has 0 N–H and O–H groups in total. The Hall–Kier alpha value is -1.13.